The maximum atomic E-state index is 14.2. The lowest BCUT2D eigenvalue weighted by atomic mass is 10.1. The first-order valence-electron chi connectivity index (χ1n) is 13.4. The Morgan fingerprint density at radius 3 is 2.29 bits per heavy atom. The molecule has 228 valence electrons. The first kappa shape index (κ1) is 33.2. The Labute approximate surface area is 247 Å². The number of nitrogens with one attached hydrogen (secondary N) is 1. The molecule has 12 heteroatoms. The number of carboxylic acid groups (broad SMARTS) is 1. The number of amides is 1. The second-order valence-electron chi connectivity index (χ2n) is 11.4. The van der Waals surface area contributed by atoms with Crippen LogP contribution in [0.2, 0.25) is 18.1 Å². The fourth-order valence-corrected chi connectivity index (χ4v) is 6.06. The molecule has 42 heavy (non-hydrogen) atoms. The summed E-state index contributed by atoms with van der Waals surface area (Å²) in [7, 11) is -4.82. The van der Waals surface area contributed by atoms with Crippen molar-refractivity contribution in [3.8, 4) is 11.1 Å². The molecule has 0 bridgehead atoms. The second-order valence-corrected chi connectivity index (χ2v) is 17.9. The second kappa shape index (κ2) is 13.3. The third kappa shape index (κ3) is 8.15. The van der Waals surface area contributed by atoms with Crippen molar-refractivity contribution in [1.29, 1.82) is 0 Å². The Morgan fingerprint density at radius 1 is 1.05 bits per heavy atom. The van der Waals surface area contributed by atoms with Crippen molar-refractivity contribution < 1.29 is 36.3 Å². The molecule has 1 atom stereocenters. The topological polar surface area (TPSA) is 105 Å². The number of methoxy groups -OCH3 is 1. The predicted molar refractivity (Wildman–Crippen MR) is 162 cm³/mol. The predicted octanol–water partition coefficient (Wildman–Crippen LogP) is 7.12. The average Bonchev–Trinajstić information content (AvgIpc) is 2.89. The van der Waals surface area contributed by atoms with Crippen molar-refractivity contribution in [2.24, 2.45) is 0 Å². The molecule has 0 saturated heterocycles. The van der Waals surface area contributed by atoms with E-state index in [1.165, 1.54) is 42.3 Å². The van der Waals surface area contributed by atoms with Crippen LogP contribution in [0.15, 0.2) is 71.6 Å². The highest BCUT2D eigenvalue weighted by atomic mass is 32.2. The molecule has 1 unspecified atom stereocenters. The fourth-order valence-electron chi connectivity index (χ4n) is 4.01. The molecule has 0 fully saturated rings. The summed E-state index contributed by atoms with van der Waals surface area (Å²) >= 11 is 0. The molecule has 0 aliphatic carbocycles. The number of nitrogens with zero attached hydrogens (tertiary/aromatic N) is 1. The lowest BCUT2D eigenvalue weighted by Gasteiger charge is -2.39. The number of hydrogen-bond donors (Lipinski definition) is 2. The van der Waals surface area contributed by atoms with E-state index in [-0.39, 0.29) is 40.9 Å². The monoisotopic (exact) mass is 620 g/mol. The van der Waals surface area contributed by atoms with Gasteiger partial charge in [0.2, 0.25) is 0 Å². The molecule has 0 radical (unpaired) electrons. The number of benzene rings is 3. The Balaban J connectivity index is 1.90. The van der Waals surface area contributed by atoms with E-state index in [4.69, 9.17) is 9.16 Å². The van der Waals surface area contributed by atoms with Gasteiger partial charge in [-0.05, 0) is 65.7 Å². The molecule has 3 aromatic rings. The zero-order chi connectivity index (χ0) is 31.3. The summed E-state index contributed by atoms with van der Waals surface area (Å²) in [5, 5.41) is 9.93. The van der Waals surface area contributed by atoms with E-state index >= 15 is 0 Å². The fraction of sp³-hybridized carbons (Fsp3) is 0.367. The Bertz CT molecular complexity index is 1490. The van der Waals surface area contributed by atoms with Gasteiger partial charge in [-0.2, -0.15) is 0 Å². The summed E-state index contributed by atoms with van der Waals surface area (Å²) in [4.78, 5) is 13.4. The number of rotatable bonds is 12. The van der Waals surface area contributed by atoms with Crippen LogP contribution in [0.25, 0.3) is 11.1 Å². The molecular formula is C30H38F2N2O6SSi. The number of halogens is 2. The van der Waals surface area contributed by atoms with E-state index < -0.39 is 42.1 Å². The van der Waals surface area contributed by atoms with Crippen LogP contribution < -0.4 is 4.72 Å². The Hall–Kier alpha value is -3.32. The Kier molecular flexibility index (Phi) is 10.5. The molecule has 8 nitrogen and oxygen atoms in total. The van der Waals surface area contributed by atoms with E-state index in [0.29, 0.717) is 11.1 Å². The van der Waals surface area contributed by atoms with Crippen molar-refractivity contribution in [1.82, 2.24) is 4.90 Å². The van der Waals surface area contributed by atoms with Crippen molar-refractivity contribution in [3.05, 3.63) is 83.9 Å². The third-order valence-electron chi connectivity index (χ3n) is 7.50. The molecule has 1 amide bonds. The van der Waals surface area contributed by atoms with Crippen LogP contribution in [0.1, 0.15) is 32.4 Å². The summed E-state index contributed by atoms with van der Waals surface area (Å²) in [5.74, 6) is -1.46. The average molecular weight is 621 g/mol. The zero-order valence-electron chi connectivity index (χ0n) is 24.6. The van der Waals surface area contributed by atoms with Crippen molar-refractivity contribution in [2.45, 2.75) is 49.8 Å². The minimum Gasteiger partial charge on any atom is -0.465 e. The molecule has 0 heterocycles. The van der Waals surface area contributed by atoms with Crippen LogP contribution in [-0.2, 0) is 19.2 Å². The summed E-state index contributed by atoms with van der Waals surface area (Å²) in [6.45, 7) is 10.8. The van der Waals surface area contributed by atoms with Gasteiger partial charge in [0.15, 0.2) is 8.32 Å². The third-order valence-corrected chi connectivity index (χ3v) is 13.4. The number of sulfonamides is 1. The molecule has 0 aliphatic rings. The van der Waals surface area contributed by atoms with E-state index in [9.17, 15) is 27.1 Å². The number of hydrogen-bond acceptors (Lipinski definition) is 5. The van der Waals surface area contributed by atoms with Gasteiger partial charge in [-0.3, -0.25) is 9.62 Å². The van der Waals surface area contributed by atoms with Crippen LogP contribution in [0, 0.1) is 11.6 Å². The highest BCUT2D eigenvalue weighted by molar-refractivity contribution is 7.92. The normalized spacial score (nSPS) is 13.0. The summed E-state index contributed by atoms with van der Waals surface area (Å²) in [5.41, 5.74) is 1.32. The van der Waals surface area contributed by atoms with Crippen LogP contribution in [-0.4, -0.2) is 59.7 Å². The van der Waals surface area contributed by atoms with Crippen molar-refractivity contribution >= 4 is 30.1 Å². The van der Waals surface area contributed by atoms with Gasteiger partial charge in [-0.1, -0.05) is 45.0 Å². The van der Waals surface area contributed by atoms with E-state index in [1.807, 2.05) is 0 Å². The highest BCUT2D eigenvalue weighted by Gasteiger charge is 2.38. The quantitative estimate of drug-likeness (QED) is 0.209. The van der Waals surface area contributed by atoms with Crippen LogP contribution in [0.3, 0.4) is 0 Å². The van der Waals surface area contributed by atoms with Gasteiger partial charge in [0.05, 0.1) is 24.2 Å². The summed E-state index contributed by atoms with van der Waals surface area (Å²) in [6, 6.07) is 14.5. The molecule has 0 spiro atoms. The van der Waals surface area contributed by atoms with Crippen molar-refractivity contribution in [2.75, 3.05) is 31.6 Å². The van der Waals surface area contributed by atoms with Gasteiger partial charge in [0.25, 0.3) is 10.0 Å². The highest BCUT2D eigenvalue weighted by Crippen LogP contribution is 2.38. The minimum atomic E-state index is -4.06. The minimum absolute atomic E-state index is 0.0655. The lowest BCUT2D eigenvalue weighted by Crippen LogP contribution is -2.45. The molecule has 3 rings (SSSR count). The van der Waals surface area contributed by atoms with E-state index in [2.05, 4.69) is 38.6 Å². The van der Waals surface area contributed by atoms with Gasteiger partial charge < -0.3 is 14.3 Å². The first-order chi connectivity index (χ1) is 19.6. The summed E-state index contributed by atoms with van der Waals surface area (Å²) in [6.07, 6.45) is -1.15. The molecule has 3 aromatic carbocycles. The Morgan fingerprint density at radius 2 is 1.71 bits per heavy atom. The standard InChI is InChI=1S/C30H38F2N2O6SSi/c1-30(2,3)42(5,6)40-20-28(34(29(35)36)16-17-39-4)22-8-7-9-24(18-22)33-41(37,38)25-13-10-21(11-14-25)26-15-12-23(31)19-27(26)32/h7-15,18-19,28,33H,16-17,20H2,1-6H3,(H,35,36). The zero-order valence-corrected chi connectivity index (χ0v) is 26.5. The molecular weight excluding hydrogens is 582 g/mol. The number of anilines is 1. The maximum absolute atomic E-state index is 14.2. The first-order valence-corrected chi connectivity index (χ1v) is 17.8. The number of ether oxygens (including phenoxy) is 1. The van der Waals surface area contributed by atoms with Gasteiger partial charge in [-0.15, -0.1) is 0 Å². The SMILES string of the molecule is COCCN(C(=O)O)C(CO[Si](C)(C)C(C)(C)C)c1cccc(NS(=O)(=O)c2ccc(-c3ccc(F)cc3F)cc2)c1. The van der Waals surface area contributed by atoms with Crippen LogP contribution >= 0.6 is 0 Å². The molecule has 2 N–H and O–H groups in total. The van der Waals surface area contributed by atoms with Crippen LogP contribution in [0.4, 0.5) is 19.3 Å². The smallest absolute Gasteiger partial charge is 0.407 e. The van der Waals surface area contributed by atoms with Crippen LogP contribution in [0.5, 0.6) is 0 Å². The largest absolute Gasteiger partial charge is 0.465 e. The van der Waals surface area contributed by atoms with E-state index in [1.54, 1.807) is 24.3 Å². The molecule has 0 aromatic heterocycles. The summed E-state index contributed by atoms with van der Waals surface area (Å²) < 4.78 is 68.0. The number of carbonyl (C=O) groups is 1. The van der Waals surface area contributed by atoms with E-state index in [0.717, 1.165) is 12.1 Å². The van der Waals surface area contributed by atoms with Gasteiger partial charge in [-0.25, -0.2) is 22.0 Å². The van der Waals surface area contributed by atoms with Gasteiger partial charge in [0.1, 0.15) is 11.6 Å². The molecule has 0 aliphatic heterocycles. The van der Waals surface area contributed by atoms with Gasteiger partial charge in [0, 0.05) is 31.0 Å². The molecule has 0 saturated carbocycles. The maximum Gasteiger partial charge on any atom is 0.407 e. The lowest BCUT2D eigenvalue weighted by molar-refractivity contribution is 0.0780. The van der Waals surface area contributed by atoms with Crippen molar-refractivity contribution in [3.63, 3.8) is 0 Å². The van der Waals surface area contributed by atoms with Gasteiger partial charge >= 0.3 is 6.09 Å².